The Balaban J connectivity index is 1.55. The lowest BCUT2D eigenvalue weighted by Crippen LogP contribution is -2.34. The van der Waals surface area contributed by atoms with Crippen molar-refractivity contribution in [1.82, 2.24) is 9.97 Å². The van der Waals surface area contributed by atoms with E-state index in [0.29, 0.717) is 6.54 Å². The summed E-state index contributed by atoms with van der Waals surface area (Å²) in [6.07, 6.45) is 4.64. The van der Waals surface area contributed by atoms with Crippen molar-refractivity contribution in [2.24, 2.45) is 0 Å². The first-order valence-corrected chi connectivity index (χ1v) is 9.23. The molecule has 6 heteroatoms. The molecule has 27 heavy (non-hydrogen) atoms. The average Bonchev–Trinajstić information content (AvgIpc) is 3.34. The van der Waals surface area contributed by atoms with Crippen molar-refractivity contribution in [3.8, 4) is 0 Å². The summed E-state index contributed by atoms with van der Waals surface area (Å²) >= 11 is 0. The highest BCUT2D eigenvalue weighted by molar-refractivity contribution is 6.02. The highest BCUT2D eigenvalue weighted by Crippen LogP contribution is 2.33. The van der Waals surface area contributed by atoms with Crippen molar-refractivity contribution >= 4 is 23.1 Å². The van der Waals surface area contributed by atoms with Crippen LogP contribution in [0.2, 0.25) is 0 Å². The molecule has 6 nitrogen and oxygen atoms in total. The molecule has 0 aliphatic carbocycles. The Hall–Kier alpha value is -3.28. The van der Waals surface area contributed by atoms with E-state index >= 15 is 0 Å². The quantitative estimate of drug-likeness (QED) is 0.721. The maximum atomic E-state index is 12.8. The number of fused-ring (bicyclic) bond motifs is 1. The molecular weight excluding hydrogens is 338 g/mol. The minimum Gasteiger partial charge on any atom is -0.365 e. The second-order valence-electron chi connectivity index (χ2n) is 6.59. The number of urea groups is 1. The van der Waals surface area contributed by atoms with Gasteiger partial charge < -0.3 is 15.2 Å². The number of carbonyl (C=O) groups is 1. The fourth-order valence-electron chi connectivity index (χ4n) is 3.49. The predicted molar refractivity (Wildman–Crippen MR) is 108 cm³/mol. The van der Waals surface area contributed by atoms with Crippen LogP contribution in [-0.2, 0) is 13.0 Å². The zero-order chi connectivity index (χ0) is 18.6. The molecular formula is C21H23N5O. The molecule has 0 spiro atoms. The average molecular weight is 361 g/mol. The highest BCUT2D eigenvalue weighted by atomic mass is 16.2. The Labute approximate surface area is 158 Å². The van der Waals surface area contributed by atoms with Crippen LogP contribution in [0.4, 0.5) is 21.9 Å². The molecule has 0 saturated heterocycles. The van der Waals surface area contributed by atoms with Crippen LogP contribution in [0, 0.1) is 0 Å². The molecule has 2 N–H and O–H groups in total. The first-order chi connectivity index (χ1) is 13.2. The molecule has 2 aromatic carbocycles. The SMILES string of the molecule is CCN(C(=O)Nc1ccccc1)c1ccc2c(c1)N(Cc1c[nH]cn1)CC2. The molecule has 0 saturated carbocycles. The first kappa shape index (κ1) is 17.1. The number of nitrogens with one attached hydrogen (secondary N) is 2. The van der Waals surface area contributed by atoms with Gasteiger partial charge in [0.2, 0.25) is 0 Å². The van der Waals surface area contributed by atoms with Crippen molar-refractivity contribution in [1.29, 1.82) is 0 Å². The number of nitrogens with zero attached hydrogens (tertiary/aromatic N) is 3. The third-order valence-electron chi connectivity index (χ3n) is 4.87. The van der Waals surface area contributed by atoms with Gasteiger partial charge in [0.05, 0.1) is 18.6 Å². The molecule has 0 unspecified atom stereocenters. The molecule has 1 aliphatic rings. The molecule has 4 rings (SSSR count). The Morgan fingerprint density at radius 2 is 2.11 bits per heavy atom. The van der Waals surface area contributed by atoms with E-state index in [0.717, 1.165) is 36.6 Å². The van der Waals surface area contributed by atoms with Gasteiger partial charge in [0.1, 0.15) is 0 Å². The molecule has 138 valence electrons. The molecule has 2 heterocycles. The summed E-state index contributed by atoms with van der Waals surface area (Å²) < 4.78 is 0. The van der Waals surface area contributed by atoms with E-state index in [1.54, 1.807) is 11.2 Å². The number of benzene rings is 2. The second-order valence-corrected chi connectivity index (χ2v) is 6.59. The fourth-order valence-corrected chi connectivity index (χ4v) is 3.49. The molecule has 1 aliphatic heterocycles. The van der Waals surface area contributed by atoms with E-state index in [1.165, 1.54) is 11.3 Å². The summed E-state index contributed by atoms with van der Waals surface area (Å²) in [5.41, 5.74) is 5.21. The van der Waals surface area contributed by atoms with Crippen LogP contribution in [0.1, 0.15) is 18.2 Å². The van der Waals surface area contributed by atoms with Crippen LogP contribution in [-0.4, -0.2) is 29.1 Å². The van der Waals surface area contributed by atoms with Gasteiger partial charge in [-0.1, -0.05) is 24.3 Å². The molecule has 0 radical (unpaired) electrons. The van der Waals surface area contributed by atoms with Gasteiger partial charge in [-0.05, 0) is 43.2 Å². The monoisotopic (exact) mass is 361 g/mol. The largest absolute Gasteiger partial charge is 0.365 e. The van der Waals surface area contributed by atoms with Gasteiger partial charge in [-0.25, -0.2) is 9.78 Å². The standard InChI is InChI=1S/C21H23N5O/c1-2-26(21(27)24-17-6-4-3-5-7-17)19-9-8-16-10-11-25(20(16)12-19)14-18-13-22-15-23-18/h3-9,12-13,15H,2,10-11,14H2,1H3,(H,22,23)(H,24,27). The number of rotatable bonds is 5. The fraction of sp³-hybridized carbons (Fsp3) is 0.238. The number of H-pyrrole nitrogens is 1. The maximum Gasteiger partial charge on any atom is 0.326 e. The van der Waals surface area contributed by atoms with Crippen molar-refractivity contribution < 1.29 is 4.79 Å². The second kappa shape index (κ2) is 7.53. The third-order valence-corrected chi connectivity index (χ3v) is 4.87. The van der Waals surface area contributed by atoms with E-state index < -0.39 is 0 Å². The number of aromatic nitrogens is 2. The number of para-hydroxylation sites is 1. The molecule has 2 amide bonds. The Kier molecular flexibility index (Phi) is 4.78. The van der Waals surface area contributed by atoms with Crippen LogP contribution >= 0.6 is 0 Å². The van der Waals surface area contributed by atoms with Crippen LogP contribution < -0.4 is 15.1 Å². The number of amides is 2. The summed E-state index contributed by atoms with van der Waals surface area (Å²) in [6.45, 7) is 4.31. The minimum atomic E-state index is -0.125. The Morgan fingerprint density at radius 3 is 2.85 bits per heavy atom. The normalized spacial score (nSPS) is 12.7. The molecule has 3 aromatic rings. The third kappa shape index (κ3) is 3.65. The van der Waals surface area contributed by atoms with Gasteiger partial charge in [0.25, 0.3) is 0 Å². The number of hydrogen-bond acceptors (Lipinski definition) is 3. The molecule has 0 bridgehead atoms. The summed E-state index contributed by atoms with van der Waals surface area (Å²) in [7, 11) is 0. The smallest absolute Gasteiger partial charge is 0.326 e. The number of aromatic amines is 1. The lowest BCUT2D eigenvalue weighted by molar-refractivity contribution is 0.257. The number of anilines is 3. The van der Waals surface area contributed by atoms with Gasteiger partial charge in [-0.2, -0.15) is 0 Å². The van der Waals surface area contributed by atoms with Crippen molar-refractivity contribution in [2.75, 3.05) is 28.2 Å². The van der Waals surface area contributed by atoms with Crippen LogP contribution in [0.15, 0.2) is 61.1 Å². The van der Waals surface area contributed by atoms with Gasteiger partial charge in [-0.15, -0.1) is 0 Å². The van der Waals surface area contributed by atoms with Crippen LogP contribution in [0.25, 0.3) is 0 Å². The number of carbonyl (C=O) groups excluding carboxylic acids is 1. The number of hydrogen-bond donors (Lipinski definition) is 2. The zero-order valence-electron chi connectivity index (χ0n) is 15.4. The molecule has 0 fully saturated rings. The topological polar surface area (TPSA) is 64.3 Å². The van der Waals surface area contributed by atoms with E-state index in [9.17, 15) is 4.79 Å². The molecule has 1 aromatic heterocycles. The van der Waals surface area contributed by atoms with E-state index in [4.69, 9.17) is 0 Å². The van der Waals surface area contributed by atoms with Crippen molar-refractivity contribution in [3.05, 3.63) is 72.3 Å². The van der Waals surface area contributed by atoms with Crippen LogP contribution in [0.5, 0.6) is 0 Å². The minimum absolute atomic E-state index is 0.125. The van der Waals surface area contributed by atoms with E-state index in [1.807, 2.05) is 49.5 Å². The Bertz CT molecular complexity index is 908. The summed E-state index contributed by atoms with van der Waals surface area (Å²) in [6, 6.07) is 15.7. The Morgan fingerprint density at radius 1 is 1.26 bits per heavy atom. The summed E-state index contributed by atoms with van der Waals surface area (Å²) in [5, 5.41) is 2.97. The number of imidazole rings is 1. The van der Waals surface area contributed by atoms with Crippen molar-refractivity contribution in [3.63, 3.8) is 0 Å². The maximum absolute atomic E-state index is 12.8. The molecule has 0 atom stereocenters. The van der Waals surface area contributed by atoms with E-state index in [2.05, 4.69) is 32.3 Å². The van der Waals surface area contributed by atoms with Crippen LogP contribution in [0.3, 0.4) is 0 Å². The van der Waals surface area contributed by atoms with Gasteiger partial charge in [-0.3, -0.25) is 4.90 Å². The predicted octanol–water partition coefficient (Wildman–Crippen LogP) is 4.03. The zero-order valence-corrected chi connectivity index (χ0v) is 15.4. The lowest BCUT2D eigenvalue weighted by atomic mass is 10.1. The van der Waals surface area contributed by atoms with E-state index in [-0.39, 0.29) is 6.03 Å². The van der Waals surface area contributed by atoms with Crippen molar-refractivity contribution in [2.45, 2.75) is 19.9 Å². The lowest BCUT2D eigenvalue weighted by Gasteiger charge is -2.24. The first-order valence-electron chi connectivity index (χ1n) is 9.23. The van der Waals surface area contributed by atoms with Gasteiger partial charge in [0.15, 0.2) is 0 Å². The van der Waals surface area contributed by atoms with Gasteiger partial charge >= 0.3 is 6.03 Å². The summed E-state index contributed by atoms with van der Waals surface area (Å²) in [5.74, 6) is 0. The summed E-state index contributed by atoms with van der Waals surface area (Å²) in [4.78, 5) is 24.2. The highest BCUT2D eigenvalue weighted by Gasteiger charge is 2.22. The van der Waals surface area contributed by atoms with Gasteiger partial charge in [0, 0.05) is 36.3 Å².